The van der Waals surface area contributed by atoms with E-state index < -0.39 is 32.5 Å². The Kier molecular flexibility index (Phi) is 6.32. The molecule has 0 aliphatic carbocycles. The lowest BCUT2D eigenvalue weighted by Gasteiger charge is -2.13. The van der Waals surface area contributed by atoms with Gasteiger partial charge in [-0.25, -0.2) is 18.2 Å². The summed E-state index contributed by atoms with van der Waals surface area (Å²) in [6, 6.07) is 7.72. The molecule has 0 spiro atoms. The largest absolute Gasteiger partial charge is 0.417 e. The summed E-state index contributed by atoms with van der Waals surface area (Å²) in [4.78, 5) is 19.9. The molecule has 0 saturated carbocycles. The molecule has 0 aliphatic rings. The average Bonchev–Trinajstić information content (AvgIpc) is 3.05. The molecule has 2 N–H and O–H groups in total. The minimum absolute atomic E-state index is 0.150. The van der Waals surface area contributed by atoms with Crippen LogP contribution in [0.1, 0.15) is 17.0 Å². The number of alkyl halides is 3. The van der Waals surface area contributed by atoms with E-state index in [4.69, 9.17) is 0 Å². The number of pyridine rings is 1. The Morgan fingerprint density at radius 3 is 2.55 bits per heavy atom. The predicted molar refractivity (Wildman–Crippen MR) is 110 cm³/mol. The number of thiazole rings is 1. The molecule has 0 atom stereocenters. The van der Waals surface area contributed by atoms with Crippen molar-refractivity contribution in [1.29, 1.82) is 0 Å². The zero-order valence-electron chi connectivity index (χ0n) is 16.3. The zero-order valence-corrected chi connectivity index (χ0v) is 18.0. The zero-order chi connectivity index (χ0) is 22.8. The van der Waals surface area contributed by atoms with Crippen LogP contribution in [0.3, 0.4) is 0 Å². The molecule has 31 heavy (non-hydrogen) atoms. The average molecular weight is 470 g/mol. The van der Waals surface area contributed by atoms with E-state index in [2.05, 4.69) is 20.6 Å². The first-order chi connectivity index (χ1) is 14.4. The molecule has 2 heterocycles. The van der Waals surface area contributed by atoms with E-state index in [1.54, 1.807) is 31.3 Å². The molecule has 3 aromatic rings. The van der Waals surface area contributed by atoms with E-state index in [1.807, 2.05) is 0 Å². The van der Waals surface area contributed by atoms with Crippen LogP contribution in [0.2, 0.25) is 0 Å². The number of nitrogens with one attached hydrogen (secondary N) is 2. The molecular weight excluding hydrogens is 453 g/mol. The summed E-state index contributed by atoms with van der Waals surface area (Å²) >= 11 is 0.980. The second kappa shape index (κ2) is 8.63. The minimum atomic E-state index is -4.85. The van der Waals surface area contributed by atoms with E-state index in [-0.39, 0.29) is 17.2 Å². The van der Waals surface area contributed by atoms with Crippen molar-refractivity contribution in [1.82, 2.24) is 15.3 Å². The molecule has 12 heteroatoms. The van der Waals surface area contributed by atoms with Crippen molar-refractivity contribution < 1.29 is 26.4 Å². The van der Waals surface area contributed by atoms with E-state index in [1.165, 1.54) is 6.07 Å². The quantitative estimate of drug-likeness (QED) is 0.580. The Hall–Kier alpha value is -2.99. The topological polar surface area (TPSA) is 101 Å². The number of carbonyl (C=O) groups is 1. The van der Waals surface area contributed by atoms with Crippen molar-refractivity contribution in [3.8, 4) is 10.4 Å². The molecule has 0 fully saturated rings. The highest BCUT2D eigenvalue weighted by atomic mass is 32.2. The number of urea groups is 1. The number of aryl methyl sites for hydroxylation is 1. The number of carbonyl (C=O) groups excluding carboxylic acids is 1. The maximum absolute atomic E-state index is 13.4. The SMILES string of the molecule is Cc1nc(NC(=O)NCc2ccccn2)sc1-c1ccc(S(C)(=O)=O)c(C(F)(F)F)c1. The summed E-state index contributed by atoms with van der Waals surface area (Å²) in [5.74, 6) is 0. The number of amides is 2. The molecule has 0 aliphatic heterocycles. The predicted octanol–water partition coefficient (Wildman–Crippen LogP) is 4.26. The van der Waals surface area contributed by atoms with Crippen molar-refractivity contribution in [2.24, 2.45) is 0 Å². The van der Waals surface area contributed by atoms with Crippen LogP contribution in [0.4, 0.5) is 23.1 Å². The van der Waals surface area contributed by atoms with Crippen LogP contribution in [-0.4, -0.2) is 30.7 Å². The molecule has 0 saturated heterocycles. The first kappa shape index (κ1) is 22.7. The number of hydrogen-bond acceptors (Lipinski definition) is 6. The summed E-state index contributed by atoms with van der Waals surface area (Å²) in [6.07, 6.45) is -2.53. The maximum Gasteiger partial charge on any atom is 0.417 e. The van der Waals surface area contributed by atoms with Gasteiger partial charge in [0.1, 0.15) is 0 Å². The standard InChI is InChI=1S/C19H17F3N4O3S2/c1-11-16(12-6-7-15(31(2,28)29)14(9-12)19(20,21)22)30-18(25-11)26-17(27)24-10-13-5-3-4-8-23-13/h3-9H,10H2,1-2H3,(H2,24,25,26,27). The van der Waals surface area contributed by atoms with Gasteiger partial charge in [0, 0.05) is 12.5 Å². The number of halogens is 3. The number of hydrogen-bond donors (Lipinski definition) is 2. The van der Waals surface area contributed by atoms with Gasteiger partial charge in [0.2, 0.25) is 0 Å². The third-order valence-electron chi connectivity index (χ3n) is 4.12. The first-order valence-corrected chi connectivity index (χ1v) is 11.5. The number of aromatic nitrogens is 2. The molecule has 1 aromatic carbocycles. The van der Waals surface area contributed by atoms with E-state index in [9.17, 15) is 26.4 Å². The van der Waals surface area contributed by atoms with Crippen molar-refractivity contribution in [2.75, 3.05) is 11.6 Å². The van der Waals surface area contributed by atoms with Gasteiger partial charge < -0.3 is 5.32 Å². The van der Waals surface area contributed by atoms with Crippen molar-refractivity contribution in [2.45, 2.75) is 24.5 Å². The summed E-state index contributed by atoms with van der Waals surface area (Å²) < 4.78 is 63.8. The highest BCUT2D eigenvalue weighted by Crippen LogP contribution is 2.39. The number of rotatable bonds is 5. The summed E-state index contributed by atoms with van der Waals surface area (Å²) in [7, 11) is -4.07. The number of nitrogens with zero attached hydrogens (tertiary/aromatic N) is 2. The lowest BCUT2D eigenvalue weighted by Crippen LogP contribution is -2.28. The fourth-order valence-electron chi connectivity index (χ4n) is 2.75. The molecule has 164 valence electrons. The van der Waals surface area contributed by atoms with Crippen molar-refractivity contribution >= 4 is 32.3 Å². The van der Waals surface area contributed by atoms with Crippen LogP contribution in [0, 0.1) is 6.92 Å². The Labute approximate surface area is 180 Å². The van der Waals surface area contributed by atoms with E-state index in [0.29, 0.717) is 16.3 Å². The van der Waals surface area contributed by atoms with Gasteiger partial charge in [-0.2, -0.15) is 13.2 Å². The number of anilines is 1. The monoisotopic (exact) mass is 470 g/mol. The Morgan fingerprint density at radius 1 is 1.19 bits per heavy atom. The highest BCUT2D eigenvalue weighted by molar-refractivity contribution is 7.90. The Balaban J connectivity index is 1.83. The summed E-state index contributed by atoms with van der Waals surface area (Å²) in [5, 5.41) is 5.33. The number of benzene rings is 1. The van der Waals surface area contributed by atoms with Crippen LogP contribution < -0.4 is 10.6 Å². The molecular formula is C19H17F3N4O3S2. The highest BCUT2D eigenvalue weighted by Gasteiger charge is 2.36. The lowest BCUT2D eigenvalue weighted by molar-refractivity contribution is -0.139. The second-order valence-corrected chi connectivity index (χ2v) is 9.53. The minimum Gasteiger partial charge on any atom is -0.332 e. The summed E-state index contributed by atoms with van der Waals surface area (Å²) in [6.45, 7) is 1.77. The van der Waals surface area contributed by atoms with Gasteiger partial charge in [-0.15, -0.1) is 0 Å². The number of sulfone groups is 1. The maximum atomic E-state index is 13.4. The van der Waals surface area contributed by atoms with Crippen LogP contribution >= 0.6 is 11.3 Å². The van der Waals surface area contributed by atoms with Crippen LogP contribution in [0.15, 0.2) is 47.5 Å². The molecule has 0 radical (unpaired) electrons. The third kappa shape index (κ3) is 5.58. The Bertz CT molecular complexity index is 1210. The van der Waals surface area contributed by atoms with Gasteiger partial charge in [-0.3, -0.25) is 10.3 Å². The fourth-order valence-corrected chi connectivity index (χ4v) is 4.60. The van der Waals surface area contributed by atoms with Crippen molar-refractivity contribution in [3.05, 3.63) is 59.5 Å². The van der Waals surface area contributed by atoms with Crippen molar-refractivity contribution in [3.63, 3.8) is 0 Å². The lowest BCUT2D eigenvalue weighted by atomic mass is 10.1. The smallest absolute Gasteiger partial charge is 0.332 e. The van der Waals surface area contributed by atoms with Gasteiger partial charge in [0.25, 0.3) is 0 Å². The van der Waals surface area contributed by atoms with Gasteiger partial charge in [0.05, 0.1) is 33.3 Å². The van der Waals surface area contributed by atoms with Crippen LogP contribution in [-0.2, 0) is 22.6 Å². The van der Waals surface area contributed by atoms with Gasteiger partial charge in [0.15, 0.2) is 15.0 Å². The van der Waals surface area contributed by atoms with Gasteiger partial charge >= 0.3 is 12.2 Å². The van der Waals surface area contributed by atoms with Crippen LogP contribution in [0.5, 0.6) is 0 Å². The molecule has 0 bridgehead atoms. The van der Waals surface area contributed by atoms with Gasteiger partial charge in [-0.1, -0.05) is 23.5 Å². The summed E-state index contributed by atoms with van der Waals surface area (Å²) in [5.41, 5.74) is -0.0517. The normalized spacial score (nSPS) is 11.9. The van der Waals surface area contributed by atoms with Gasteiger partial charge in [-0.05, 0) is 36.8 Å². The third-order valence-corrected chi connectivity index (χ3v) is 6.40. The first-order valence-electron chi connectivity index (χ1n) is 8.79. The molecule has 2 amide bonds. The Morgan fingerprint density at radius 2 is 1.94 bits per heavy atom. The van der Waals surface area contributed by atoms with E-state index >= 15 is 0 Å². The molecule has 2 aromatic heterocycles. The fraction of sp³-hybridized carbons (Fsp3) is 0.211. The molecule has 0 unspecified atom stereocenters. The van der Waals surface area contributed by atoms with Crippen LogP contribution in [0.25, 0.3) is 10.4 Å². The molecule has 3 rings (SSSR count). The second-order valence-electron chi connectivity index (χ2n) is 6.54. The van der Waals surface area contributed by atoms with E-state index in [0.717, 1.165) is 29.7 Å². The molecule has 7 nitrogen and oxygen atoms in total.